The Balaban J connectivity index is 0.000000720. The van der Waals surface area contributed by atoms with Crippen LogP contribution < -0.4 is 0 Å². The van der Waals surface area contributed by atoms with Gasteiger partial charge in [-0.2, -0.15) is 0 Å². The molecule has 1 aromatic rings. The SMILES string of the molecule is Br.O=C1C=Cc2ncccc2C1. The third kappa shape index (κ3) is 1.61. The molecule has 1 heterocycles. The molecule has 0 amide bonds. The third-order valence-corrected chi connectivity index (χ3v) is 1.72. The Hall–Kier alpha value is -0.960. The summed E-state index contributed by atoms with van der Waals surface area (Å²) in [4.78, 5) is 15.0. The molecule has 0 spiro atoms. The second-order valence-electron chi connectivity index (χ2n) is 2.52. The van der Waals surface area contributed by atoms with Crippen molar-refractivity contribution in [2.24, 2.45) is 0 Å². The molecule has 0 saturated heterocycles. The summed E-state index contributed by atoms with van der Waals surface area (Å²) in [6.45, 7) is 0. The Morgan fingerprint density at radius 1 is 1.33 bits per heavy atom. The number of allylic oxidation sites excluding steroid dienone is 1. The molecule has 62 valence electrons. The molecule has 1 aromatic heterocycles. The van der Waals surface area contributed by atoms with Gasteiger partial charge in [-0.3, -0.25) is 9.78 Å². The normalized spacial score (nSPS) is 13.5. The number of rotatable bonds is 0. The van der Waals surface area contributed by atoms with Crippen molar-refractivity contribution in [2.45, 2.75) is 6.42 Å². The van der Waals surface area contributed by atoms with Crippen LogP contribution in [0.15, 0.2) is 24.4 Å². The molecule has 0 aliphatic heterocycles. The second-order valence-corrected chi connectivity index (χ2v) is 2.52. The van der Waals surface area contributed by atoms with Crippen LogP contribution in [-0.2, 0) is 11.2 Å². The molecule has 2 rings (SSSR count). The Morgan fingerprint density at radius 3 is 3.00 bits per heavy atom. The van der Waals surface area contributed by atoms with E-state index in [4.69, 9.17) is 0 Å². The molecule has 0 atom stereocenters. The van der Waals surface area contributed by atoms with Crippen LogP contribution in [-0.4, -0.2) is 10.8 Å². The fourth-order valence-corrected chi connectivity index (χ4v) is 1.17. The van der Waals surface area contributed by atoms with Crippen LogP contribution in [0.5, 0.6) is 0 Å². The van der Waals surface area contributed by atoms with Crippen molar-refractivity contribution < 1.29 is 4.79 Å². The van der Waals surface area contributed by atoms with Crippen LogP contribution in [0.3, 0.4) is 0 Å². The Labute approximate surface area is 81.1 Å². The van der Waals surface area contributed by atoms with Crippen molar-refractivity contribution in [3.63, 3.8) is 0 Å². The predicted molar refractivity (Wildman–Crippen MR) is 52.3 cm³/mol. The first-order chi connectivity index (χ1) is 5.36. The zero-order chi connectivity index (χ0) is 7.68. The van der Waals surface area contributed by atoms with Crippen molar-refractivity contribution >= 4 is 28.8 Å². The number of pyridine rings is 1. The lowest BCUT2D eigenvalue weighted by Crippen LogP contribution is -2.05. The minimum absolute atomic E-state index is 0. The van der Waals surface area contributed by atoms with E-state index in [2.05, 4.69) is 4.98 Å². The van der Waals surface area contributed by atoms with Crippen molar-refractivity contribution in [3.8, 4) is 0 Å². The maximum Gasteiger partial charge on any atom is 0.160 e. The first-order valence-corrected chi connectivity index (χ1v) is 3.51. The van der Waals surface area contributed by atoms with E-state index in [1.54, 1.807) is 18.3 Å². The van der Waals surface area contributed by atoms with Crippen LogP contribution in [0, 0.1) is 0 Å². The summed E-state index contributed by atoms with van der Waals surface area (Å²) in [6, 6.07) is 3.79. The maximum absolute atomic E-state index is 10.9. The molecule has 0 unspecified atom stereocenters. The van der Waals surface area contributed by atoms with Gasteiger partial charge in [-0.15, -0.1) is 17.0 Å². The molecule has 0 bridgehead atoms. The lowest BCUT2D eigenvalue weighted by atomic mass is 10.0. The minimum atomic E-state index is 0. The number of hydrogen-bond donors (Lipinski definition) is 0. The molecular formula is C9H8BrNO. The van der Waals surface area contributed by atoms with E-state index in [1.165, 1.54) is 0 Å². The summed E-state index contributed by atoms with van der Waals surface area (Å²) in [5, 5.41) is 0. The summed E-state index contributed by atoms with van der Waals surface area (Å²) in [6.07, 6.45) is 5.58. The highest BCUT2D eigenvalue weighted by atomic mass is 79.9. The van der Waals surface area contributed by atoms with Crippen LogP contribution in [0.2, 0.25) is 0 Å². The molecule has 12 heavy (non-hydrogen) atoms. The summed E-state index contributed by atoms with van der Waals surface area (Å²) < 4.78 is 0. The maximum atomic E-state index is 10.9. The smallest absolute Gasteiger partial charge is 0.160 e. The lowest BCUT2D eigenvalue weighted by molar-refractivity contribution is -0.114. The molecule has 0 saturated carbocycles. The topological polar surface area (TPSA) is 30.0 Å². The molecule has 1 aliphatic carbocycles. The molecule has 0 aromatic carbocycles. The van der Waals surface area contributed by atoms with Crippen LogP contribution in [0.4, 0.5) is 0 Å². The summed E-state index contributed by atoms with van der Waals surface area (Å²) in [5.74, 6) is 0.158. The van der Waals surface area contributed by atoms with Crippen LogP contribution >= 0.6 is 17.0 Å². The average Bonchev–Trinajstić information content (AvgIpc) is 2.04. The number of carbonyl (C=O) groups is 1. The fraction of sp³-hybridized carbons (Fsp3) is 0.111. The van der Waals surface area contributed by atoms with Gasteiger partial charge in [0.1, 0.15) is 0 Å². The molecule has 2 nitrogen and oxygen atoms in total. The van der Waals surface area contributed by atoms with Crippen LogP contribution in [0.1, 0.15) is 11.3 Å². The van der Waals surface area contributed by atoms with E-state index in [0.717, 1.165) is 11.3 Å². The van der Waals surface area contributed by atoms with Gasteiger partial charge in [0, 0.05) is 12.6 Å². The Kier molecular flexibility index (Phi) is 2.76. The molecule has 0 radical (unpaired) electrons. The van der Waals surface area contributed by atoms with Gasteiger partial charge in [-0.25, -0.2) is 0 Å². The predicted octanol–water partition coefficient (Wildman–Crippen LogP) is 1.80. The van der Waals surface area contributed by atoms with Gasteiger partial charge in [0.2, 0.25) is 0 Å². The zero-order valence-corrected chi connectivity index (χ0v) is 8.07. The van der Waals surface area contributed by atoms with Crippen LogP contribution in [0.25, 0.3) is 6.08 Å². The Bertz CT molecular complexity index is 333. The molecule has 3 heteroatoms. The van der Waals surface area contributed by atoms with Gasteiger partial charge >= 0.3 is 0 Å². The highest BCUT2D eigenvalue weighted by Gasteiger charge is 2.09. The monoisotopic (exact) mass is 225 g/mol. The van der Waals surface area contributed by atoms with E-state index in [1.807, 2.05) is 12.1 Å². The van der Waals surface area contributed by atoms with E-state index >= 15 is 0 Å². The number of halogens is 1. The largest absolute Gasteiger partial charge is 0.294 e. The van der Waals surface area contributed by atoms with Crippen molar-refractivity contribution in [3.05, 3.63) is 35.7 Å². The minimum Gasteiger partial charge on any atom is -0.294 e. The number of hydrogen-bond acceptors (Lipinski definition) is 2. The Morgan fingerprint density at radius 2 is 2.17 bits per heavy atom. The highest BCUT2D eigenvalue weighted by Crippen LogP contribution is 2.13. The van der Waals surface area contributed by atoms with Crippen molar-refractivity contribution in [1.82, 2.24) is 4.98 Å². The van der Waals surface area contributed by atoms with Gasteiger partial charge in [0.15, 0.2) is 5.78 Å². The number of ketones is 1. The van der Waals surface area contributed by atoms with E-state index in [0.29, 0.717) is 6.42 Å². The van der Waals surface area contributed by atoms with E-state index in [-0.39, 0.29) is 22.8 Å². The summed E-state index contributed by atoms with van der Waals surface area (Å²) >= 11 is 0. The molecule has 1 aliphatic rings. The standard InChI is InChI=1S/C9H7NO.BrH/c11-8-3-4-9-7(6-8)2-1-5-10-9;/h1-5H,6H2;1H. The van der Waals surface area contributed by atoms with Gasteiger partial charge in [0.25, 0.3) is 0 Å². The quantitative estimate of drug-likeness (QED) is 0.675. The summed E-state index contributed by atoms with van der Waals surface area (Å²) in [7, 11) is 0. The van der Waals surface area contributed by atoms with Gasteiger partial charge < -0.3 is 0 Å². The number of nitrogens with zero attached hydrogens (tertiary/aromatic N) is 1. The number of fused-ring (bicyclic) bond motifs is 1. The third-order valence-electron chi connectivity index (χ3n) is 1.72. The average molecular weight is 226 g/mol. The fourth-order valence-electron chi connectivity index (χ4n) is 1.17. The molecular weight excluding hydrogens is 218 g/mol. The number of carbonyl (C=O) groups excluding carboxylic acids is 1. The first kappa shape index (κ1) is 9.13. The summed E-state index contributed by atoms with van der Waals surface area (Å²) in [5.41, 5.74) is 1.95. The lowest BCUT2D eigenvalue weighted by Gasteiger charge is -2.06. The zero-order valence-electron chi connectivity index (χ0n) is 6.36. The van der Waals surface area contributed by atoms with Crippen molar-refractivity contribution in [1.29, 1.82) is 0 Å². The van der Waals surface area contributed by atoms with Gasteiger partial charge in [-0.05, 0) is 23.8 Å². The van der Waals surface area contributed by atoms with Crippen molar-refractivity contribution in [2.75, 3.05) is 0 Å². The van der Waals surface area contributed by atoms with E-state index in [9.17, 15) is 4.79 Å². The van der Waals surface area contributed by atoms with Gasteiger partial charge in [0.05, 0.1) is 5.69 Å². The highest BCUT2D eigenvalue weighted by molar-refractivity contribution is 8.93. The first-order valence-electron chi connectivity index (χ1n) is 3.51. The van der Waals surface area contributed by atoms with E-state index < -0.39 is 0 Å². The van der Waals surface area contributed by atoms with Gasteiger partial charge in [-0.1, -0.05) is 6.07 Å². The molecule has 0 fully saturated rings. The second kappa shape index (κ2) is 3.63. The molecule has 0 N–H and O–H groups in total. The number of aromatic nitrogens is 1.